The van der Waals surface area contributed by atoms with Crippen molar-refractivity contribution in [2.45, 2.75) is 0 Å². The summed E-state index contributed by atoms with van der Waals surface area (Å²) in [6.45, 7) is 0.443. The lowest BCUT2D eigenvalue weighted by molar-refractivity contribution is 0.598. The number of sulfonamides is 1. The lowest BCUT2D eigenvalue weighted by Crippen LogP contribution is -2.24. The first-order valence-electron chi connectivity index (χ1n) is 4.45. The van der Waals surface area contributed by atoms with Crippen molar-refractivity contribution in [3.8, 4) is 0 Å². The van der Waals surface area contributed by atoms with Gasteiger partial charge in [0.05, 0.1) is 11.4 Å². The van der Waals surface area contributed by atoms with E-state index in [0.717, 1.165) is 3.57 Å². The van der Waals surface area contributed by atoms with Crippen LogP contribution in [0.5, 0.6) is 0 Å². The Balaban J connectivity index is 2.74. The molecule has 0 aliphatic rings. The van der Waals surface area contributed by atoms with Gasteiger partial charge >= 0.3 is 0 Å². The number of anilines is 1. The van der Waals surface area contributed by atoms with Crippen LogP contribution < -0.4 is 10.0 Å². The van der Waals surface area contributed by atoms with Gasteiger partial charge in [-0.1, -0.05) is 12.1 Å². The van der Waals surface area contributed by atoms with Gasteiger partial charge in [0.25, 0.3) is 0 Å². The lowest BCUT2D eigenvalue weighted by atomic mass is 10.3. The van der Waals surface area contributed by atoms with Crippen LogP contribution in [0.3, 0.4) is 0 Å². The van der Waals surface area contributed by atoms with Gasteiger partial charge in [-0.3, -0.25) is 4.72 Å². The molecule has 0 radical (unpaired) electrons. The fraction of sp³-hybridized carbons (Fsp3) is 0.333. The molecule has 0 aliphatic heterocycles. The first kappa shape index (κ1) is 12.7. The van der Waals surface area contributed by atoms with E-state index < -0.39 is 10.0 Å². The fourth-order valence-corrected chi connectivity index (χ4v) is 2.79. The predicted molar refractivity (Wildman–Crippen MR) is 70.5 cm³/mol. The molecular weight excluding hydrogens is 327 g/mol. The smallest absolute Gasteiger partial charge is 0.234 e. The van der Waals surface area contributed by atoms with Gasteiger partial charge in [-0.25, -0.2) is 8.42 Å². The fourth-order valence-electron chi connectivity index (χ4n) is 0.999. The van der Waals surface area contributed by atoms with Gasteiger partial charge in [0.1, 0.15) is 0 Å². The van der Waals surface area contributed by atoms with E-state index in [2.05, 4.69) is 32.6 Å². The van der Waals surface area contributed by atoms with Crippen LogP contribution in [-0.2, 0) is 10.0 Å². The highest BCUT2D eigenvalue weighted by molar-refractivity contribution is 14.1. The third kappa shape index (κ3) is 4.35. The Kier molecular flexibility index (Phi) is 4.81. The number of rotatable bonds is 5. The minimum atomic E-state index is -3.24. The van der Waals surface area contributed by atoms with Crippen LogP contribution in [0.4, 0.5) is 5.69 Å². The third-order valence-corrected chi connectivity index (χ3v) is 3.97. The maximum atomic E-state index is 11.6. The van der Waals surface area contributed by atoms with Gasteiger partial charge in [-0.05, 0) is 41.8 Å². The monoisotopic (exact) mass is 340 g/mol. The van der Waals surface area contributed by atoms with Crippen LogP contribution in [0.2, 0.25) is 0 Å². The van der Waals surface area contributed by atoms with Crippen LogP contribution in [0, 0.1) is 3.57 Å². The molecule has 0 aromatic heterocycles. The zero-order chi connectivity index (χ0) is 11.3. The molecule has 84 valence electrons. The van der Waals surface area contributed by atoms with Crippen molar-refractivity contribution in [1.82, 2.24) is 5.32 Å². The summed E-state index contributed by atoms with van der Waals surface area (Å²) < 4.78 is 26.6. The molecule has 6 heteroatoms. The summed E-state index contributed by atoms with van der Waals surface area (Å²) in [6.07, 6.45) is 0. The van der Waals surface area contributed by atoms with E-state index in [-0.39, 0.29) is 5.75 Å². The molecular formula is C9H13IN2O2S. The quantitative estimate of drug-likeness (QED) is 0.794. The zero-order valence-electron chi connectivity index (χ0n) is 8.33. The highest BCUT2D eigenvalue weighted by Gasteiger charge is 2.10. The molecule has 0 amide bonds. The average Bonchev–Trinajstić information content (AvgIpc) is 2.18. The summed E-state index contributed by atoms with van der Waals surface area (Å²) in [6, 6.07) is 7.28. The predicted octanol–water partition coefficient (Wildman–Crippen LogP) is 1.25. The first-order valence-corrected chi connectivity index (χ1v) is 7.18. The van der Waals surface area contributed by atoms with E-state index in [4.69, 9.17) is 0 Å². The Morgan fingerprint density at radius 3 is 2.60 bits per heavy atom. The van der Waals surface area contributed by atoms with Crippen LogP contribution in [0.25, 0.3) is 0 Å². The van der Waals surface area contributed by atoms with Crippen LogP contribution >= 0.6 is 22.6 Å². The summed E-state index contributed by atoms with van der Waals surface area (Å²) >= 11 is 2.10. The molecule has 0 saturated carbocycles. The topological polar surface area (TPSA) is 58.2 Å². The zero-order valence-corrected chi connectivity index (χ0v) is 11.3. The van der Waals surface area contributed by atoms with Gasteiger partial charge in [0.2, 0.25) is 10.0 Å². The summed E-state index contributed by atoms with van der Waals surface area (Å²) in [5, 5.41) is 2.80. The van der Waals surface area contributed by atoms with Crippen molar-refractivity contribution < 1.29 is 8.42 Å². The molecule has 0 atom stereocenters. The summed E-state index contributed by atoms with van der Waals surface area (Å²) in [4.78, 5) is 0. The number of hydrogen-bond acceptors (Lipinski definition) is 3. The maximum absolute atomic E-state index is 11.6. The van der Waals surface area contributed by atoms with Gasteiger partial charge < -0.3 is 5.32 Å². The molecule has 0 unspecified atom stereocenters. The first-order chi connectivity index (χ1) is 7.05. The van der Waals surface area contributed by atoms with Crippen LogP contribution in [-0.4, -0.2) is 27.8 Å². The molecule has 0 aliphatic carbocycles. The molecule has 0 spiro atoms. The van der Waals surface area contributed by atoms with Gasteiger partial charge in [-0.2, -0.15) is 0 Å². The summed E-state index contributed by atoms with van der Waals surface area (Å²) in [5.41, 5.74) is 0.634. The molecule has 0 heterocycles. The largest absolute Gasteiger partial charge is 0.319 e. The number of benzene rings is 1. The number of nitrogens with one attached hydrogen (secondary N) is 2. The molecule has 2 N–H and O–H groups in total. The molecule has 1 aromatic rings. The van der Waals surface area contributed by atoms with Crippen molar-refractivity contribution in [1.29, 1.82) is 0 Å². The minimum absolute atomic E-state index is 0.0779. The second-order valence-electron chi connectivity index (χ2n) is 3.00. The average molecular weight is 340 g/mol. The highest BCUT2D eigenvalue weighted by atomic mass is 127. The van der Waals surface area contributed by atoms with Crippen molar-refractivity contribution >= 4 is 38.3 Å². The van der Waals surface area contributed by atoms with Crippen molar-refractivity contribution in [2.75, 3.05) is 24.1 Å². The number of hydrogen-bond donors (Lipinski definition) is 2. The van der Waals surface area contributed by atoms with E-state index in [1.54, 1.807) is 19.2 Å². The Morgan fingerprint density at radius 2 is 2.00 bits per heavy atom. The Labute approximate surface area is 104 Å². The van der Waals surface area contributed by atoms with Gasteiger partial charge in [0, 0.05) is 10.1 Å². The molecule has 0 bridgehead atoms. The molecule has 0 fully saturated rings. The summed E-state index contributed by atoms with van der Waals surface area (Å²) in [7, 11) is -1.51. The second kappa shape index (κ2) is 5.66. The Hall–Kier alpha value is -0.340. The molecule has 1 rings (SSSR count). The molecule has 0 saturated heterocycles. The van der Waals surface area contributed by atoms with Gasteiger partial charge in [0.15, 0.2) is 0 Å². The number of halogens is 1. The Bertz CT molecular complexity index is 420. The lowest BCUT2D eigenvalue weighted by Gasteiger charge is -2.08. The third-order valence-electron chi connectivity index (χ3n) is 1.76. The van der Waals surface area contributed by atoms with E-state index in [1.165, 1.54) is 0 Å². The standard InChI is InChI=1S/C9H13IN2O2S/c1-11-6-7-15(13,14)12-9-5-3-2-4-8(9)10/h2-5,11-12H,6-7H2,1H3. The van der Waals surface area contributed by atoms with E-state index in [9.17, 15) is 8.42 Å². The maximum Gasteiger partial charge on any atom is 0.234 e. The van der Waals surface area contributed by atoms with Gasteiger partial charge in [-0.15, -0.1) is 0 Å². The highest BCUT2D eigenvalue weighted by Crippen LogP contribution is 2.18. The minimum Gasteiger partial charge on any atom is -0.319 e. The van der Waals surface area contributed by atoms with Crippen molar-refractivity contribution in [3.63, 3.8) is 0 Å². The van der Waals surface area contributed by atoms with Crippen molar-refractivity contribution in [3.05, 3.63) is 27.8 Å². The SMILES string of the molecule is CNCCS(=O)(=O)Nc1ccccc1I. The van der Waals surface area contributed by atoms with Crippen molar-refractivity contribution in [2.24, 2.45) is 0 Å². The normalized spacial score (nSPS) is 11.3. The van der Waals surface area contributed by atoms with Crippen LogP contribution in [0.1, 0.15) is 0 Å². The summed E-state index contributed by atoms with van der Waals surface area (Å²) in [5.74, 6) is 0.0779. The van der Waals surface area contributed by atoms with Crippen LogP contribution in [0.15, 0.2) is 24.3 Å². The molecule has 1 aromatic carbocycles. The van der Waals surface area contributed by atoms with E-state index in [1.807, 2.05) is 12.1 Å². The molecule has 4 nitrogen and oxygen atoms in total. The number of para-hydroxylation sites is 1. The molecule has 15 heavy (non-hydrogen) atoms. The Morgan fingerprint density at radius 1 is 1.33 bits per heavy atom. The van der Waals surface area contributed by atoms with E-state index >= 15 is 0 Å². The van der Waals surface area contributed by atoms with E-state index in [0.29, 0.717) is 12.2 Å². The second-order valence-corrected chi connectivity index (χ2v) is 6.01.